The summed E-state index contributed by atoms with van der Waals surface area (Å²) in [6.45, 7) is 0.701. The standard InChI is InChI=1S/C15H18N2O2/c1-17(15-13(11-18)6-4-8-16-15)10-12-5-3-7-14(9-12)19-2/h3-9,18H,10-11H2,1-2H3. The van der Waals surface area contributed by atoms with Crippen LogP contribution in [-0.2, 0) is 13.2 Å². The first-order valence-electron chi connectivity index (χ1n) is 6.13. The number of hydrogen-bond donors (Lipinski definition) is 1. The number of benzene rings is 1. The summed E-state index contributed by atoms with van der Waals surface area (Å²) in [5.41, 5.74) is 1.96. The topological polar surface area (TPSA) is 45.6 Å². The molecule has 0 bridgehead atoms. The number of aliphatic hydroxyl groups is 1. The van der Waals surface area contributed by atoms with Gasteiger partial charge < -0.3 is 14.7 Å². The third-order valence-corrected chi connectivity index (χ3v) is 2.95. The van der Waals surface area contributed by atoms with E-state index in [1.807, 2.05) is 48.3 Å². The quantitative estimate of drug-likeness (QED) is 0.893. The zero-order valence-corrected chi connectivity index (χ0v) is 11.2. The molecule has 0 atom stereocenters. The van der Waals surface area contributed by atoms with Crippen molar-refractivity contribution in [2.45, 2.75) is 13.2 Å². The summed E-state index contributed by atoms with van der Waals surface area (Å²) in [7, 11) is 3.62. The van der Waals surface area contributed by atoms with Gasteiger partial charge >= 0.3 is 0 Å². The van der Waals surface area contributed by atoms with Crippen molar-refractivity contribution in [3.63, 3.8) is 0 Å². The number of rotatable bonds is 5. The van der Waals surface area contributed by atoms with Crippen molar-refractivity contribution in [2.24, 2.45) is 0 Å². The third kappa shape index (κ3) is 3.23. The SMILES string of the molecule is COc1cccc(CN(C)c2ncccc2CO)c1. The summed E-state index contributed by atoms with van der Waals surface area (Å²) in [4.78, 5) is 6.34. The Morgan fingerprint density at radius 1 is 1.26 bits per heavy atom. The molecule has 0 fully saturated rings. The van der Waals surface area contributed by atoms with E-state index in [1.54, 1.807) is 13.3 Å². The van der Waals surface area contributed by atoms with E-state index >= 15 is 0 Å². The van der Waals surface area contributed by atoms with Crippen LogP contribution < -0.4 is 9.64 Å². The van der Waals surface area contributed by atoms with Crippen LogP contribution in [0.25, 0.3) is 0 Å². The van der Waals surface area contributed by atoms with Crippen molar-refractivity contribution in [2.75, 3.05) is 19.1 Å². The number of pyridine rings is 1. The second kappa shape index (κ2) is 6.20. The van der Waals surface area contributed by atoms with Crippen LogP contribution in [0.3, 0.4) is 0 Å². The van der Waals surface area contributed by atoms with Crippen LogP contribution in [0.1, 0.15) is 11.1 Å². The predicted octanol–water partition coefficient (Wildman–Crippen LogP) is 2.22. The normalized spacial score (nSPS) is 10.3. The number of hydrogen-bond acceptors (Lipinski definition) is 4. The molecule has 0 aliphatic heterocycles. The van der Waals surface area contributed by atoms with Crippen molar-refractivity contribution >= 4 is 5.82 Å². The Labute approximate surface area is 113 Å². The van der Waals surface area contributed by atoms with Crippen LogP contribution in [0.4, 0.5) is 5.82 Å². The number of aliphatic hydroxyl groups excluding tert-OH is 1. The van der Waals surface area contributed by atoms with E-state index in [0.29, 0.717) is 6.54 Å². The summed E-state index contributed by atoms with van der Waals surface area (Å²) < 4.78 is 5.21. The molecule has 0 saturated carbocycles. The van der Waals surface area contributed by atoms with Crippen LogP contribution in [0.15, 0.2) is 42.6 Å². The highest BCUT2D eigenvalue weighted by atomic mass is 16.5. The molecule has 0 amide bonds. The molecule has 19 heavy (non-hydrogen) atoms. The van der Waals surface area contributed by atoms with Crippen molar-refractivity contribution in [3.8, 4) is 5.75 Å². The Hall–Kier alpha value is -2.07. The molecule has 0 aliphatic rings. The summed E-state index contributed by atoms with van der Waals surface area (Å²) in [6.07, 6.45) is 1.73. The Morgan fingerprint density at radius 3 is 2.84 bits per heavy atom. The highest BCUT2D eigenvalue weighted by molar-refractivity contribution is 5.46. The van der Waals surface area contributed by atoms with Gasteiger partial charge in [-0.25, -0.2) is 4.98 Å². The molecule has 1 aromatic carbocycles. The van der Waals surface area contributed by atoms with Gasteiger partial charge in [-0.2, -0.15) is 0 Å². The van der Waals surface area contributed by atoms with Crippen molar-refractivity contribution < 1.29 is 9.84 Å². The summed E-state index contributed by atoms with van der Waals surface area (Å²) in [5.74, 6) is 1.64. The highest BCUT2D eigenvalue weighted by Gasteiger charge is 2.08. The van der Waals surface area contributed by atoms with E-state index < -0.39 is 0 Å². The lowest BCUT2D eigenvalue weighted by molar-refractivity contribution is 0.281. The van der Waals surface area contributed by atoms with E-state index in [9.17, 15) is 5.11 Å². The minimum absolute atomic E-state index is 0.00831. The second-order valence-corrected chi connectivity index (χ2v) is 4.35. The monoisotopic (exact) mass is 258 g/mol. The van der Waals surface area contributed by atoms with Crippen LogP contribution in [0, 0.1) is 0 Å². The average Bonchev–Trinajstić information content (AvgIpc) is 2.47. The van der Waals surface area contributed by atoms with Gasteiger partial charge in [0, 0.05) is 25.4 Å². The molecule has 1 N–H and O–H groups in total. The fourth-order valence-corrected chi connectivity index (χ4v) is 2.02. The van der Waals surface area contributed by atoms with E-state index in [0.717, 1.165) is 22.7 Å². The summed E-state index contributed by atoms with van der Waals surface area (Å²) in [5, 5.41) is 9.33. The number of anilines is 1. The van der Waals surface area contributed by atoms with Crippen LogP contribution in [0.2, 0.25) is 0 Å². The number of ether oxygens (including phenoxy) is 1. The molecule has 100 valence electrons. The lowest BCUT2D eigenvalue weighted by Crippen LogP contribution is -2.19. The Balaban J connectivity index is 2.18. The average molecular weight is 258 g/mol. The zero-order chi connectivity index (χ0) is 13.7. The molecule has 0 aliphatic carbocycles. The van der Waals surface area contributed by atoms with Crippen LogP contribution in [-0.4, -0.2) is 24.2 Å². The molecule has 1 aromatic heterocycles. The summed E-state index contributed by atoms with van der Waals surface area (Å²) >= 11 is 0. The van der Waals surface area contributed by atoms with Gasteiger partial charge in [-0.15, -0.1) is 0 Å². The zero-order valence-electron chi connectivity index (χ0n) is 11.2. The van der Waals surface area contributed by atoms with Gasteiger partial charge in [0.05, 0.1) is 13.7 Å². The van der Waals surface area contributed by atoms with Gasteiger partial charge in [-0.3, -0.25) is 0 Å². The van der Waals surface area contributed by atoms with Crippen LogP contribution in [0.5, 0.6) is 5.75 Å². The van der Waals surface area contributed by atoms with Gasteiger partial charge in [0.15, 0.2) is 0 Å². The molecule has 2 aromatic rings. The minimum atomic E-state index is -0.00831. The summed E-state index contributed by atoms with van der Waals surface area (Å²) in [6, 6.07) is 11.6. The van der Waals surface area contributed by atoms with Crippen molar-refractivity contribution in [1.29, 1.82) is 0 Å². The molecule has 2 rings (SSSR count). The van der Waals surface area contributed by atoms with E-state index in [2.05, 4.69) is 4.98 Å². The van der Waals surface area contributed by atoms with E-state index in [1.165, 1.54) is 0 Å². The predicted molar refractivity (Wildman–Crippen MR) is 75.3 cm³/mol. The molecule has 0 spiro atoms. The van der Waals surface area contributed by atoms with Gasteiger partial charge in [0.25, 0.3) is 0 Å². The highest BCUT2D eigenvalue weighted by Crippen LogP contribution is 2.19. The first-order valence-corrected chi connectivity index (χ1v) is 6.13. The van der Waals surface area contributed by atoms with Gasteiger partial charge in [0.1, 0.15) is 11.6 Å². The van der Waals surface area contributed by atoms with E-state index in [4.69, 9.17) is 4.74 Å². The Morgan fingerprint density at radius 2 is 2.11 bits per heavy atom. The second-order valence-electron chi connectivity index (χ2n) is 4.35. The van der Waals surface area contributed by atoms with Gasteiger partial charge in [-0.05, 0) is 23.8 Å². The molecule has 4 nitrogen and oxygen atoms in total. The smallest absolute Gasteiger partial charge is 0.134 e. The molecule has 4 heteroatoms. The number of nitrogens with zero attached hydrogens (tertiary/aromatic N) is 2. The van der Waals surface area contributed by atoms with Crippen molar-refractivity contribution in [3.05, 3.63) is 53.7 Å². The lowest BCUT2D eigenvalue weighted by atomic mass is 10.2. The fraction of sp³-hybridized carbons (Fsp3) is 0.267. The maximum absolute atomic E-state index is 9.33. The Bertz CT molecular complexity index is 543. The molecule has 0 radical (unpaired) electrons. The number of methoxy groups -OCH3 is 1. The van der Waals surface area contributed by atoms with Crippen molar-refractivity contribution in [1.82, 2.24) is 4.98 Å². The molecular formula is C15H18N2O2. The number of aromatic nitrogens is 1. The first-order chi connectivity index (χ1) is 9.24. The maximum Gasteiger partial charge on any atom is 0.134 e. The lowest BCUT2D eigenvalue weighted by Gasteiger charge is -2.20. The first kappa shape index (κ1) is 13.4. The third-order valence-electron chi connectivity index (χ3n) is 2.95. The molecule has 0 unspecified atom stereocenters. The molecule has 0 saturated heterocycles. The van der Waals surface area contributed by atoms with Gasteiger partial charge in [0.2, 0.25) is 0 Å². The van der Waals surface area contributed by atoms with Gasteiger partial charge in [-0.1, -0.05) is 18.2 Å². The Kier molecular flexibility index (Phi) is 4.36. The fourth-order valence-electron chi connectivity index (χ4n) is 2.02. The molecular weight excluding hydrogens is 240 g/mol. The largest absolute Gasteiger partial charge is 0.497 e. The van der Waals surface area contributed by atoms with E-state index in [-0.39, 0.29) is 6.61 Å². The minimum Gasteiger partial charge on any atom is -0.497 e. The maximum atomic E-state index is 9.33. The molecule has 1 heterocycles. The van der Waals surface area contributed by atoms with Crippen LogP contribution >= 0.6 is 0 Å².